The van der Waals surface area contributed by atoms with Gasteiger partial charge in [-0.3, -0.25) is 4.79 Å². The summed E-state index contributed by atoms with van der Waals surface area (Å²) in [6.45, 7) is 0.340. The first-order chi connectivity index (χ1) is 12.1. The molecule has 0 fully saturated rings. The molecular formula is C19H17IN2O3. The van der Waals surface area contributed by atoms with Crippen molar-refractivity contribution in [3.63, 3.8) is 0 Å². The van der Waals surface area contributed by atoms with Crippen LogP contribution in [0.4, 0.5) is 0 Å². The molecule has 0 aliphatic carbocycles. The number of carbonyl (C=O) groups excluding carboxylic acids is 1. The van der Waals surface area contributed by atoms with Crippen LogP contribution >= 0.6 is 22.6 Å². The molecule has 0 aliphatic rings. The summed E-state index contributed by atoms with van der Waals surface area (Å²) in [5.41, 5.74) is 2.34. The van der Waals surface area contributed by atoms with Gasteiger partial charge in [-0.1, -0.05) is 12.1 Å². The molecule has 0 saturated carbocycles. The number of ether oxygens (including phenoxy) is 1. The summed E-state index contributed by atoms with van der Waals surface area (Å²) in [7, 11) is 1.49. The van der Waals surface area contributed by atoms with E-state index in [4.69, 9.17) is 4.74 Å². The number of hydrogen-bond donors (Lipinski definition) is 2. The highest BCUT2D eigenvalue weighted by molar-refractivity contribution is 14.1. The van der Waals surface area contributed by atoms with Crippen LogP contribution in [0.25, 0.3) is 5.69 Å². The fraction of sp³-hybridized carbons (Fsp3) is 0.105. The van der Waals surface area contributed by atoms with Crippen molar-refractivity contribution < 1.29 is 14.6 Å². The number of benzene rings is 2. The molecule has 0 spiro atoms. The average Bonchev–Trinajstić information content (AvgIpc) is 3.10. The molecule has 1 heterocycles. The molecule has 0 unspecified atom stereocenters. The Morgan fingerprint density at radius 2 is 2.04 bits per heavy atom. The zero-order valence-corrected chi connectivity index (χ0v) is 15.7. The van der Waals surface area contributed by atoms with E-state index in [1.165, 1.54) is 7.11 Å². The quantitative estimate of drug-likeness (QED) is 0.585. The third-order valence-corrected chi connectivity index (χ3v) is 4.44. The lowest BCUT2D eigenvalue weighted by Crippen LogP contribution is -2.25. The van der Waals surface area contributed by atoms with E-state index in [-0.39, 0.29) is 11.7 Å². The predicted octanol–water partition coefficient (Wildman–Crippen LogP) is 3.73. The molecule has 6 heteroatoms. The van der Waals surface area contributed by atoms with Gasteiger partial charge in [0.1, 0.15) is 5.69 Å². The van der Waals surface area contributed by atoms with Crippen molar-refractivity contribution in [3.8, 4) is 17.2 Å². The van der Waals surface area contributed by atoms with Crippen LogP contribution in [0.15, 0.2) is 60.8 Å². The highest BCUT2D eigenvalue weighted by Gasteiger charge is 2.12. The number of nitrogens with one attached hydrogen (secondary N) is 1. The Hall–Kier alpha value is -2.48. The highest BCUT2D eigenvalue weighted by Crippen LogP contribution is 2.26. The zero-order valence-electron chi connectivity index (χ0n) is 13.6. The Morgan fingerprint density at radius 3 is 2.80 bits per heavy atom. The molecule has 3 rings (SSSR count). The fourth-order valence-electron chi connectivity index (χ4n) is 2.52. The topological polar surface area (TPSA) is 63.5 Å². The van der Waals surface area contributed by atoms with E-state index in [1.54, 1.807) is 24.3 Å². The number of phenols is 1. The number of rotatable bonds is 5. The lowest BCUT2D eigenvalue weighted by Gasteiger charge is -2.11. The number of nitrogens with zero attached hydrogens (tertiary/aromatic N) is 1. The number of aromatic nitrogens is 1. The van der Waals surface area contributed by atoms with E-state index in [2.05, 4.69) is 27.9 Å². The summed E-state index contributed by atoms with van der Waals surface area (Å²) in [5, 5.41) is 12.5. The standard InChI is InChI=1S/C19H17IN2O3/c1-25-18-10-13(7-8-17(18)23)12-21-19(24)16-6-3-9-22(16)15-5-2-4-14(20)11-15/h2-11,23H,12H2,1H3,(H,21,24). The van der Waals surface area contributed by atoms with Gasteiger partial charge in [0.2, 0.25) is 0 Å². The summed E-state index contributed by atoms with van der Waals surface area (Å²) in [5.74, 6) is 0.287. The van der Waals surface area contributed by atoms with Gasteiger partial charge in [-0.2, -0.15) is 0 Å². The van der Waals surface area contributed by atoms with Crippen LogP contribution in [0.2, 0.25) is 0 Å². The average molecular weight is 448 g/mol. The number of amides is 1. The van der Waals surface area contributed by atoms with Gasteiger partial charge < -0.3 is 19.7 Å². The second kappa shape index (κ2) is 7.60. The van der Waals surface area contributed by atoms with Gasteiger partial charge in [0, 0.05) is 22.0 Å². The molecule has 1 aromatic heterocycles. The third kappa shape index (κ3) is 3.96. The minimum atomic E-state index is -0.170. The Balaban J connectivity index is 1.76. The van der Waals surface area contributed by atoms with Crippen LogP contribution in [-0.2, 0) is 6.54 Å². The fourth-order valence-corrected chi connectivity index (χ4v) is 3.05. The van der Waals surface area contributed by atoms with E-state index >= 15 is 0 Å². The van der Waals surface area contributed by atoms with Gasteiger partial charge in [-0.15, -0.1) is 0 Å². The molecule has 128 valence electrons. The maximum atomic E-state index is 12.6. The van der Waals surface area contributed by atoms with Crippen LogP contribution < -0.4 is 10.1 Å². The number of carbonyl (C=O) groups is 1. The minimum absolute atomic E-state index is 0.0742. The van der Waals surface area contributed by atoms with Crippen LogP contribution in [0.1, 0.15) is 16.1 Å². The minimum Gasteiger partial charge on any atom is -0.504 e. The Kier molecular flexibility index (Phi) is 5.28. The van der Waals surface area contributed by atoms with E-state index in [9.17, 15) is 9.90 Å². The van der Waals surface area contributed by atoms with Gasteiger partial charge in [-0.25, -0.2) is 0 Å². The molecule has 25 heavy (non-hydrogen) atoms. The summed E-state index contributed by atoms with van der Waals surface area (Å²) >= 11 is 2.25. The Morgan fingerprint density at radius 1 is 1.20 bits per heavy atom. The first-order valence-corrected chi connectivity index (χ1v) is 8.74. The molecule has 0 bridgehead atoms. The molecule has 0 aliphatic heterocycles. The lowest BCUT2D eigenvalue weighted by atomic mass is 10.2. The van der Waals surface area contributed by atoms with Crippen molar-refractivity contribution in [3.05, 3.63) is 75.6 Å². The normalized spacial score (nSPS) is 10.5. The molecule has 5 nitrogen and oxygen atoms in total. The van der Waals surface area contributed by atoms with Crippen molar-refractivity contribution in [2.24, 2.45) is 0 Å². The molecule has 3 aromatic rings. The lowest BCUT2D eigenvalue weighted by molar-refractivity contribution is 0.0944. The number of phenolic OH excluding ortho intramolecular Hbond substituents is 1. The molecular weight excluding hydrogens is 431 g/mol. The molecule has 1 amide bonds. The smallest absolute Gasteiger partial charge is 0.268 e. The second-order valence-electron chi connectivity index (χ2n) is 5.43. The van der Waals surface area contributed by atoms with Crippen LogP contribution in [-0.4, -0.2) is 22.7 Å². The predicted molar refractivity (Wildman–Crippen MR) is 104 cm³/mol. The number of aromatic hydroxyl groups is 1. The number of methoxy groups -OCH3 is 1. The summed E-state index contributed by atoms with van der Waals surface area (Å²) in [6.07, 6.45) is 1.86. The molecule has 0 radical (unpaired) electrons. The Labute approximate surface area is 159 Å². The highest BCUT2D eigenvalue weighted by atomic mass is 127. The van der Waals surface area contributed by atoms with E-state index in [0.717, 1.165) is 14.8 Å². The summed E-state index contributed by atoms with van der Waals surface area (Å²) < 4.78 is 8.04. The molecule has 0 atom stereocenters. The third-order valence-electron chi connectivity index (χ3n) is 3.76. The SMILES string of the molecule is COc1cc(CNC(=O)c2cccn2-c2cccc(I)c2)ccc1O. The first kappa shape index (κ1) is 17.3. The van der Waals surface area contributed by atoms with Crippen LogP contribution in [0.3, 0.4) is 0 Å². The molecule has 0 saturated heterocycles. The van der Waals surface area contributed by atoms with Crippen molar-refractivity contribution in [2.45, 2.75) is 6.54 Å². The zero-order chi connectivity index (χ0) is 17.8. The van der Waals surface area contributed by atoms with Crippen molar-refractivity contribution in [2.75, 3.05) is 7.11 Å². The van der Waals surface area contributed by atoms with E-state index in [0.29, 0.717) is 18.0 Å². The maximum absolute atomic E-state index is 12.6. The van der Waals surface area contributed by atoms with Gasteiger partial charge in [-0.05, 0) is 70.6 Å². The van der Waals surface area contributed by atoms with Gasteiger partial charge >= 0.3 is 0 Å². The van der Waals surface area contributed by atoms with Crippen LogP contribution in [0.5, 0.6) is 11.5 Å². The van der Waals surface area contributed by atoms with E-state index in [1.807, 2.05) is 41.1 Å². The van der Waals surface area contributed by atoms with E-state index < -0.39 is 0 Å². The first-order valence-electron chi connectivity index (χ1n) is 7.66. The van der Waals surface area contributed by atoms with Crippen LogP contribution in [0, 0.1) is 3.57 Å². The second-order valence-corrected chi connectivity index (χ2v) is 6.68. The monoisotopic (exact) mass is 448 g/mol. The van der Waals surface area contributed by atoms with Gasteiger partial charge in [0.05, 0.1) is 7.11 Å². The maximum Gasteiger partial charge on any atom is 0.268 e. The summed E-state index contributed by atoms with van der Waals surface area (Å²) in [6, 6.07) is 16.6. The van der Waals surface area contributed by atoms with Crippen molar-refractivity contribution in [1.82, 2.24) is 9.88 Å². The largest absolute Gasteiger partial charge is 0.504 e. The molecule has 2 N–H and O–H groups in total. The number of hydrogen-bond acceptors (Lipinski definition) is 3. The number of halogens is 1. The summed E-state index contributed by atoms with van der Waals surface area (Å²) in [4.78, 5) is 12.6. The molecule has 2 aromatic carbocycles. The van der Waals surface area contributed by atoms with Crippen molar-refractivity contribution in [1.29, 1.82) is 0 Å². The van der Waals surface area contributed by atoms with Gasteiger partial charge in [0.25, 0.3) is 5.91 Å². The van der Waals surface area contributed by atoms with Crippen molar-refractivity contribution >= 4 is 28.5 Å². The van der Waals surface area contributed by atoms with Gasteiger partial charge in [0.15, 0.2) is 11.5 Å². The Bertz CT molecular complexity index is 905.